The third kappa shape index (κ3) is 4.24. The molecule has 0 aliphatic carbocycles. The fourth-order valence-electron chi connectivity index (χ4n) is 2.15. The predicted molar refractivity (Wildman–Crippen MR) is 87.2 cm³/mol. The van der Waals surface area contributed by atoms with Gasteiger partial charge in [0.2, 0.25) is 10.0 Å². The highest BCUT2D eigenvalue weighted by molar-refractivity contribution is 9.10. The van der Waals surface area contributed by atoms with Crippen molar-refractivity contribution >= 4 is 54.8 Å². The van der Waals surface area contributed by atoms with E-state index in [0.717, 1.165) is 25.8 Å². The summed E-state index contributed by atoms with van der Waals surface area (Å²) in [6.07, 6.45) is 3.02. The number of anilines is 1. The Hall–Kier alpha value is -0.0100. The van der Waals surface area contributed by atoms with E-state index >= 15 is 0 Å². The zero-order chi connectivity index (χ0) is 14.8. The van der Waals surface area contributed by atoms with Crippen LogP contribution in [0, 0.1) is 0 Å². The van der Waals surface area contributed by atoms with Gasteiger partial charge in [-0.3, -0.25) is 4.72 Å². The normalized spacial score (nSPS) is 19.9. The molecule has 0 aromatic heterocycles. The SMILES string of the molecule is O=S(=O)(CC1CCCCN1)Nc1ccc(Br)c(Cl)c1Cl. The topological polar surface area (TPSA) is 58.2 Å². The van der Waals surface area contributed by atoms with E-state index in [0.29, 0.717) is 15.2 Å². The lowest BCUT2D eigenvalue weighted by atomic mass is 10.1. The monoisotopic (exact) mass is 400 g/mol. The molecule has 112 valence electrons. The lowest BCUT2D eigenvalue weighted by molar-refractivity contribution is 0.424. The Morgan fingerprint density at radius 3 is 2.70 bits per heavy atom. The fraction of sp³-hybridized carbons (Fsp3) is 0.500. The summed E-state index contributed by atoms with van der Waals surface area (Å²) in [5, 5.41) is 3.70. The van der Waals surface area contributed by atoms with Crippen molar-refractivity contribution in [3.63, 3.8) is 0 Å². The third-order valence-electron chi connectivity index (χ3n) is 3.13. The Morgan fingerprint density at radius 1 is 1.30 bits per heavy atom. The maximum Gasteiger partial charge on any atom is 0.234 e. The second kappa shape index (κ2) is 6.83. The van der Waals surface area contributed by atoms with E-state index in [4.69, 9.17) is 23.2 Å². The Bertz CT molecular complexity index is 589. The Kier molecular flexibility index (Phi) is 5.59. The maximum absolute atomic E-state index is 12.2. The third-order valence-corrected chi connectivity index (χ3v) is 6.28. The number of hydrogen-bond donors (Lipinski definition) is 2. The van der Waals surface area contributed by atoms with Gasteiger partial charge in [0.1, 0.15) is 0 Å². The first-order chi connectivity index (χ1) is 9.39. The van der Waals surface area contributed by atoms with Crippen LogP contribution in [0.4, 0.5) is 5.69 Å². The maximum atomic E-state index is 12.2. The van der Waals surface area contributed by atoms with Gasteiger partial charge in [0.25, 0.3) is 0 Å². The zero-order valence-electron chi connectivity index (χ0n) is 10.6. The van der Waals surface area contributed by atoms with Crippen LogP contribution in [0.25, 0.3) is 0 Å². The number of benzene rings is 1. The molecule has 0 bridgehead atoms. The van der Waals surface area contributed by atoms with Crippen molar-refractivity contribution < 1.29 is 8.42 Å². The minimum Gasteiger partial charge on any atom is -0.313 e. The van der Waals surface area contributed by atoms with Crippen molar-refractivity contribution in [2.45, 2.75) is 25.3 Å². The van der Waals surface area contributed by atoms with Gasteiger partial charge in [0, 0.05) is 10.5 Å². The van der Waals surface area contributed by atoms with Crippen LogP contribution in [0.5, 0.6) is 0 Å². The molecule has 20 heavy (non-hydrogen) atoms. The second-order valence-electron chi connectivity index (χ2n) is 4.75. The standard InChI is InChI=1S/C12H15BrCl2N2O2S/c13-9-4-5-10(12(15)11(9)14)17-20(18,19)7-8-3-1-2-6-16-8/h4-5,8,16-17H,1-3,6-7H2. The summed E-state index contributed by atoms with van der Waals surface area (Å²) in [5.74, 6) is 0.0387. The minimum absolute atomic E-state index is 0.00838. The van der Waals surface area contributed by atoms with Crippen LogP contribution < -0.4 is 10.0 Å². The molecule has 1 aromatic carbocycles. The molecule has 1 aliphatic rings. The van der Waals surface area contributed by atoms with E-state index in [1.807, 2.05) is 0 Å². The Morgan fingerprint density at radius 2 is 2.05 bits per heavy atom. The van der Waals surface area contributed by atoms with Crippen LogP contribution in [0.15, 0.2) is 16.6 Å². The lowest BCUT2D eigenvalue weighted by Gasteiger charge is -2.23. The van der Waals surface area contributed by atoms with E-state index in [2.05, 4.69) is 26.0 Å². The molecule has 1 saturated heterocycles. The summed E-state index contributed by atoms with van der Waals surface area (Å²) < 4.78 is 27.4. The summed E-state index contributed by atoms with van der Waals surface area (Å²) in [6.45, 7) is 0.866. The van der Waals surface area contributed by atoms with Crippen LogP contribution in [-0.2, 0) is 10.0 Å². The average molecular weight is 402 g/mol. The molecule has 2 rings (SSSR count). The first-order valence-electron chi connectivity index (χ1n) is 6.26. The molecule has 4 nitrogen and oxygen atoms in total. The van der Waals surface area contributed by atoms with Crippen molar-refractivity contribution in [2.75, 3.05) is 17.0 Å². The Balaban J connectivity index is 2.10. The van der Waals surface area contributed by atoms with Gasteiger partial charge < -0.3 is 5.32 Å². The summed E-state index contributed by atoms with van der Waals surface area (Å²) in [4.78, 5) is 0. The molecule has 8 heteroatoms. The average Bonchev–Trinajstić information content (AvgIpc) is 2.40. The molecule has 0 spiro atoms. The van der Waals surface area contributed by atoms with E-state index in [1.165, 1.54) is 0 Å². The van der Waals surface area contributed by atoms with Crippen LogP contribution in [0.1, 0.15) is 19.3 Å². The van der Waals surface area contributed by atoms with Crippen LogP contribution in [-0.4, -0.2) is 26.8 Å². The number of halogens is 3. The smallest absolute Gasteiger partial charge is 0.234 e. The van der Waals surface area contributed by atoms with E-state index in [1.54, 1.807) is 12.1 Å². The Labute approximate surface area is 137 Å². The van der Waals surface area contributed by atoms with Gasteiger partial charge in [0.15, 0.2) is 0 Å². The number of sulfonamides is 1. The molecule has 1 aliphatic heterocycles. The number of nitrogens with one attached hydrogen (secondary N) is 2. The highest BCUT2D eigenvalue weighted by Gasteiger charge is 2.22. The minimum atomic E-state index is -3.46. The van der Waals surface area contributed by atoms with Gasteiger partial charge in [-0.15, -0.1) is 0 Å². The van der Waals surface area contributed by atoms with Gasteiger partial charge in [-0.25, -0.2) is 8.42 Å². The van der Waals surface area contributed by atoms with Gasteiger partial charge in [0.05, 0.1) is 21.5 Å². The lowest BCUT2D eigenvalue weighted by Crippen LogP contribution is -2.40. The van der Waals surface area contributed by atoms with Crippen molar-refractivity contribution in [3.8, 4) is 0 Å². The van der Waals surface area contributed by atoms with Gasteiger partial charge in [-0.05, 0) is 47.4 Å². The van der Waals surface area contributed by atoms with Crippen LogP contribution in [0.2, 0.25) is 10.0 Å². The van der Waals surface area contributed by atoms with Gasteiger partial charge >= 0.3 is 0 Å². The number of rotatable bonds is 4. The summed E-state index contributed by atoms with van der Waals surface area (Å²) in [7, 11) is -3.46. The zero-order valence-corrected chi connectivity index (χ0v) is 14.5. The van der Waals surface area contributed by atoms with E-state index in [-0.39, 0.29) is 16.8 Å². The molecule has 0 saturated carbocycles. The van der Waals surface area contributed by atoms with Crippen molar-refractivity contribution in [2.24, 2.45) is 0 Å². The van der Waals surface area contributed by atoms with Crippen LogP contribution in [0.3, 0.4) is 0 Å². The molecule has 2 N–H and O–H groups in total. The summed E-state index contributed by atoms with van der Waals surface area (Å²) >= 11 is 15.3. The molecule has 1 heterocycles. The van der Waals surface area contributed by atoms with E-state index in [9.17, 15) is 8.42 Å². The number of piperidine rings is 1. The van der Waals surface area contributed by atoms with Gasteiger partial charge in [-0.1, -0.05) is 29.6 Å². The molecule has 1 fully saturated rings. The summed E-state index contributed by atoms with van der Waals surface area (Å²) in [5.41, 5.74) is 0.302. The molecule has 1 unspecified atom stereocenters. The van der Waals surface area contributed by atoms with Crippen LogP contribution >= 0.6 is 39.1 Å². The quantitative estimate of drug-likeness (QED) is 0.757. The molecule has 1 atom stereocenters. The summed E-state index contributed by atoms with van der Waals surface area (Å²) in [6, 6.07) is 3.24. The van der Waals surface area contributed by atoms with Crippen molar-refractivity contribution in [3.05, 3.63) is 26.7 Å². The first kappa shape index (κ1) is 16.4. The largest absolute Gasteiger partial charge is 0.313 e. The molecule has 0 amide bonds. The highest BCUT2D eigenvalue weighted by Crippen LogP contribution is 2.36. The molecule has 1 aromatic rings. The molecular formula is C12H15BrCl2N2O2S. The number of hydrogen-bond acceptors (Lipinski definition) is 3. The predicted octanol–water partition coefficient (Wildman–Crippen LogP) is 3.64. The highest BCUT2D eigenvalue weighted by atomic mass is 79.9. The first-order valence-corrected chi connectivity index (χ1v) is 9.46. The van der Waals surface area contributed by atoms with Crippen molar-refractivity contribution in [1.82, 2.24) is 5.32 Å². The molecule has 0 radical (unpaired) electrons. The van der Waals surface area contributed by atoms with Crippen molar-refractivity contribution in [1.29, 1.82) is 0 Å². The molecular weight excluding hydrogens is 387 g/mol. The fourth-order valence-corrected chi connectivity index (χ4v) is 4.43. The second-order valence-corrected chi connectivity index (χ2v) is 8.13. The van der Waals surface area contributed by atoms with E-state index < -0.39 is 10.0 Å². The van der Waals surface area contributed by atoms with Gasteiger partial charge in [-0.2, -0.15) is 0 Å².